The number of amides is 1. The first-order valence-corrected chi connectivity index (χ1v) is 8.75. The third-order valence-corrected chi connectivity index (χ3v) is 4.76. The minimum atomic E-state index is 0.120. The maximum Gasteiger partial charge on any atom is 0.227 e. The number of benzene rings is 1. The van der Waals surface area contributed by atoms with E-state index in [4.69, 9.17) is 4.74 Å². The Hall–Kier alpha value is -2.30. The number of rotatable bonds is 5. The van der Waals surface area contributed by atoms with Gasteiger partial charge in [0.2, 0.25) is 5.91 Å². The SMILES string of the molecule is CCc1[nH]nc(-c2cccc(OC)c2)c1NC(=O)C1CCCCC1. The normalized spacial score (nSPS) is 15.2. The molecule has 1 aromatic heterocycles. The van der Waals surface area contributed by atoms with Gasteiger partial charge in [-0.15, -0.1) is 0 Å². The monoisotopic (exact) mass is 327 g/mol. The maximum absolute atomic E-state index is 12.7. The van der Waals surface area contributed by atoms with Gasteiger partial charge in [0.15, 0.2) is 0 Å². The Morgan fingerprint density at radius 3 is 2.83 bits per heavy atom. The molecule has 0 aliphatic heterocycles. The van der Waals surface area contributed by atoms with E-state index in [1.54, 1.807) is 7.11 Å². The van der Waals surface area contributed by atoms with Crippen LogP contribution in [-0.4, -0.2) is 23.2 Å². The molecule has 0 saturated heterocycles. The molecule has 1 saturated carbocycles. The lowest BCUT2D eigenvalue weighted by molar-refractivity contribution is -0.120. The zero-order valence-electron chi connectivity index (χ0n) is 14.4. The number of methoxy groups -OCH3 is 1. The van der Waals surface area contributed by atoms with Crippen molar-refractivity contribution in [2.24, 2.45) is 5.92 Å². The van der Waals surface area contributed by atoms with Crippen molar-refractivity contribution in [1.82, 2.24) is 10.2 Å². The Bertz CT molecular complexity index is 702. The molecular weight excluding hydrogens is 302 g/mol. The van der Waals surface area contributed by atoms with Gasteiger partial charge in [0.25, 0.3) is 0 Å². The molecule has 0 unspecified atom stereocenters. The fourth-order valence-electron chi connectivity index (χ4n) is 3.34. The molecule has 0 spiro atoms. The number of anilines is 1. The number of aromatic amines is 1. The second kappa shape index (κ2) is 7.51. The van der Waals surface area contributed by atoms with Crippen molar-refractivity contribution in [3.63, 3.8) is 0 Å². The summed E-state index contributed by atoms with van der Waals surface area (Å²) in [7, 11) is 1.65. The van der Waals surface area contributed by atoms with Crippen molar-refractivity contribution < 1.29 is 9.53 Å². The van der Waals surface area contributed by atoms with E-state index >= 15 is 0 Å². The largest absolute Gasteiger partial charge is 0.497 e. The Balaban J connectivity index is 1.88. The summed E-state index contributed by atoms with van der Waals surface area (Å²) in [5.41, 5.74) is 3.47. The van der Waals surface area contributed by atoms with E-state index in [-0.39, 0.29) is 11.8 Å². The Morgan fingerprint density at radius 1 is 1.33 bits per heavy atom. The molecule has 1 heterocycles. The molecule has 5 heteroatoms. The fourth-order valence-corrected chi connectivity index (χ4v) is 3.34. The Kier molecular flexibility index (Phi) is 5.18. The maximum atomic E-state index is 12.7. The third-order valence-electron chi connectivity index (χ3n) is 4.76. The highest BCUT2D eigenvalue weighted by molar-refractivity contribution is 5.97. The number of hydrogen-bond acceptors (Lipinski definition) is 3. The summed E-state index contributed by atoms with van der Waals surface area (Å²) in [5, 5.41) is 10.6. The zero-order chi connectivity index (χ0) is 16.9. The quantitative estimate of drug-likeness (QED) is 0.866. The lowest BCUT2D eigenvalue weighted by Gasteiger charge is -2.21. The van der Waals surface area contributed by atoms with Crippen molar-refractivity contribution in [2.75, 3.05) is 12.4 Å². The molecule has 1 aliphatic carbocycles. The first kappa shape index (κ1) is 16.6. The predicted molar refractivity (Wildman–Crippen MR) is 95.2 cm³/mol. The first-order valence-electron chi connectivity index (χ1n) is 8.75. The molecule has 1 fully saturated rings. The molecule has 5 nitrogen and oxygen atoms in total. The minimum Gasteiger partial charge on any atom is -0.497 e. The van der Waals surface area contributed by atoms with Crippen LogP contribution in [0.5, 0.6) is 5.75 Å². The second-order valence-corrected chi connectivity index (χ2v) is 6.34. The van der Waals surface area contributed by atoms with E-state index in [0.29, 0.717) is 0 Å². The second-order valence-electron chi connectivity index (χ2n) is 6.34. The molecule has 1 aliphatic rings. The van der Waals surface area contributed by atoms with Gasteiger partial charge in [-0.3, -0.25) is 9.89 Å². The molecule has 128 valence electrons. The van der Waals surface area contributed by atoms with E-state index < -0.39 is 0 Å². The molecule has 0 radical (unpaired) electrons. The van der Waals surface area contributed by atoms with Crippen LogP contribution in [0.4, 0.5) is 5.69 Å². The fraction of sp³-hybridized carbons (Fsp3) is 0.474. The summed E-state index contributed by atoms with van der Waals surface area (Å²) in [6, 6.07) is 7.75. The summed E-state index contributed by atoms with van der Waals surface area (Å²) in [6.07, 6.45) is 6.29. The van der Waals surface area contributed by atoms with Crippen LogP contribution in [0.1, 0.15) is 44.7 Å². The summed E-state index contributed by atoms with van der Waals surface area (Å²) >= 11 is 0. The number of aromatic nitrogens is 2. The number of nitrogens with one attached hydrogen (secondary N) is 2. The highest BCUT2D eigenvalue weighted by atomic mass is 16.5. The van der Waals surface area contributed by atoms with E-state index in [2.05, 4.69) is 22.4 Å². The number of hydrogen-bond donors (Lipinski definition) is 2. The predicted octanol–water partition coefficient (Wildman–Crippen LogP) is 4.17. The topological polar surface area (TPSA) is 67.0 Å². The molecular formula is C19H25N3O2. The van der Waals surface area contributed by atoms with Gasteiger partial charge < -0.3 is 10.1 Å². The third kappa shape index (κ3) is 3.45. The van der Waals surface area contributed by atoms with Crippen molar-refractivity contribution in [3.05, 3.63) is 30.0 Å². The van der Waals surface area contributed by atoms with Gasteiger partial charge in [-0.2, -0.15) is 5.10 Å². The summed E-state index contributed by atoms with van der Waals surface area (Å²) < 4.78 is 5.30. The van der Waals surface area contributed by atoms with Gasteiger partial charge in [0.1, 0.15) is 11.4 Å². The summed E-state index contributed by atoms with van der Waals surface area (Å²) in [6.45, 7) is 2.05. The molecule has 1 aromatic carbocycles. The lowest BCUT2D eigenvalue weighted by atomic mass is 9.88. The Morgan fingerprint density at radius 2 is 2.12 bits per heavy atom. The molecule has 24 heavy (non-hydrogen) atoms. The standard InChI is InChI=1S/C19H25N3O2/c1-3-16-18(20-19(23)13-8-5-4-6-9-13)17(22-21-16)14-10-7-11-15(12-14)24-2/h7,10-13H,3-6,8-9H2,1-2H3,(H,20,23)(H,21,22). The molecule has 1 amide bonds. The number of ether oxygens (including phenoxy) is 1. The smallest absolute Gasteiger partial charge is 0.227 e. The van der Waals surface area contributed by atoms with E-state index in [1.165, 1.54) is 6.42 Å². The van der Waals surface area contributed by atoms with Gasteiger partial charge in [0, 0.05) is 11.5 Å². The molecule has 3 rings (SSSR count). The average molecular weight is 327 g/mol. The zero-order valence-corrected chi connectivity index (χ0v) is 14.4. The van der Waals surface area contributed by atoms with Crippen LogP contribution in [0.2, 0.25) is 0 Å². The highest BCUT2D eigenvalue weighted by Crippen LogP contribution is 2.32. The van der Waals surface area contributed by atoms with E-state index in [0.717, 1.165) is 60.5 Å². The van der Waals surface area contributed by atoms with Gasteiger partial charge in [0.05, 0.1) is 18.5 Å². The number of aryl methyl sites for hydroxylation is 1. The molecule has 0 bridgehead atoms. The number of nitrogens with zero attached hydrogens (tertiary/aromatic N) is 1. The minimum absolute atomic E-state index is 0.120. The Labute approximate surface area is 142 Å². The van der Waals surface area contributed by atoms with Crippen LogP contribution < -0.4 is 10.1 Å². The van der Waals surface area contributed by atoms with Gasteiger partial charge in [-0.1, -0.05) is 38.3 Å². The molecule has 0 atom stereocenters. The van der Waals surface area contributed by atoms with Crippen LogP contribution in [-0.2, 0) is 11.2 Å². The summed E-state index contributed by atoms with van der Waals surface area (Å²) in [5.74, 6) is 1.02. The van der Waals surface area contributed by atoms with Crippen LogP contribution in [0.3, 0.4) is 0 Å². The molecule has 2 aromatic rings. The highest BCUT2D eigenvalue weighted by Gasteiger charge is 2.24. The number of carbonyl (C=O) groups is 1. The number of H-pyrrole nitrogens is 1. The van der Waals surface area contributed by atoms with Gasteiger partial charge in [-0.25, -0.2) is 0 Å². The first-order chi connectivity index (χ1) is 11.7. The number of carbonyl (C=O) groups excluding carboxylic acids is 1. The summed E-state index contributed by atoms with van der Waals surface area (Å²) in [4.78, 5) is 12.7. The van der Waals surface area contributed by atoms with Crippen LogP contribution >= 0.6 is 0 Å². The van der Waals surface area contributed by atoms with E-state index in [9.17, 15) is 4.79 Å². The van der Waals surface area contributed by atoms with Crippen LogP contribution in [0.25, 0.3) is 11.3 Å². The average Bonchev–Trinajstić information content (AvgIpc) is 3.05. The lowest BCUT2D eigenvalue weighted by Crippen LogP contribution is -2.25. The molecule has 2 N–H and O–H groups in total. The van der Waals surface area contributed by atoms with Crippen LogP contribution in [0.15, 0.2) is 24.3 Å². The van der Waals surface area contributed by atoms with Crippen LogP contribution in [0, 0.1) is 5.92 Å². The van der Waals surface area contributed by atoms with Gasteiger partial charge in [-0.05, 0) is 31.4 Å². The van der Waals surface area contributed by atoms with Crippen molar-refractivity contribution in [3.8, 4) is 17.0 Å². The van der Waals surface area contributed by atoms with E-state index in [1.807, 2.05) is 24.3 Å². The van der Waals surface area contributed by atoms with Gasteiger partial charge >= 0.3 is 0 Å². The van der Waals surface area contributed by atoms with Crippen molar-refractivity contribution in [2.45, 2.75) is 45.4 Å². The van der Waals surface area contributed by atoms with Crippen molar-refractivity contribution in [1.29, 1.82) is 0 Å². The van der Waals surface area contributed by atoms with Crippen molar-refractivity contribution >= 4 is 11.6 Å².